The molecule has 17 heavy (non-hydrogen) atoms. The molecule has 0 spiro atoms. The number of aromatic nitrogens is 3. The van der Waals surface area contributed by atoms with Crippen molar-refractivity contribution in [3.8, 4) is 0 Å². The van der Waals surface area contributed by atoms with Gasteiger partial charge in [0.25, 0.3) is 0 Å². The summed E-state index contributed by atoms with van der Waals surface area (Å²) in [6, 6.07) is 0. The molecule has 0 aliphatic heterocycles. The van der Waals surface area contributed by atoms with E-state index in [1.54, 1.807) is 0 Å². The molecule has 0 saturated heterocycles. The molecular formula is C12H24N4O. The van der Waals surface area contributed by atoms with Crippen molar-refractivity contribution in [3.63, 3.8) is 0 Å². The summed E-state index contributed by atoms with van der Waals surface area (Å²) in [6.45, 7) is 7.56. The summed E-state index contributed by atoms with van der Waals surface area (Å²) in [5, 5.41) is 11.1. The van der Waals surface area contributed by atoms with Gasteiger partial charge in [-0.15, -0.1) is 5.10 Å². The van der Waals surface area contributed by atoms with Crippen LogP contribution in [0.5, 0.6) is 0 Å². The smallest absolute Gasteiger partial charge is 0.0964 e. The summed E-state index contributed by atoms with van der Waals surface area (Å²) in [5.41, 5.74) is 0.965. The van der Waals surface area contributed by atoms with Gasteiger partial charge in [-0.1, -0.05) is 19.1 Å². The SMILES string of the molecule is CNCc1cn(CCOCCCC(C)C)nn1. The average molecular weight is 240 g/mol. The zero-order valence-electron chi connectivity index (χ0n) is 11.1. The van der Waals surface area contributed by atoms with Crippen LogP contribution >= 0.6 is 0 Å². The predicted octanol–water partition coefficient (Wildman–Crippen LogP) is 1.45. The molecule has 0 aliphatic rings. The molecule has 5 heteroatoms. The second-order valence-corrected chi connectivity index (χ2v) is 4.65. The fraction of sp³-hybridized carbons (Fsp3) is 0.833. The zero-order chi connectivity index (χ0) is 12.5. The molecule has 1 rings (SSSR count). The lowest BCUT2D eigenvalue weighted by molar-refractivity contribution is 0.117. The van der Waals surface area contributed by atoms with E-state index in [0.29, 0.717) is 6.61 Å². The van der Waals surface area contributed by atoms with E-state index < -0.39 is 0 Å². The highest BCUT2D eigenvalue weighted by Crippen LogP contribution is 2.03. The fourth-order valence-corrected chi connectivity index (χ4v) is 1.56. The standard InChI is InChI=1S/C12H24N4O/c1-11(2)5-4-7-17-8-6-16-10-12(9-13-3)14-15-16/h10-11,13H,4-9H2,1-3H3. The van der Waals surface area contributed by atoms with Gasteiger partial charge >= 0.3 is 0 Å². The molecule has 1 N–H and O–H groups in total. The van der Waals surface area contributed by atoms with Crippen molar-refractivity contribution in [2.24, 2.45) is 5.92 Å². The largest absolute Gasteiger partial charge is 0.380 e. The Kier molecular flexibility index (Phi) is 6.81. The molecule has 0 aliphatic carbocycles. The van der Waals surface area contributed by atoms with Crippen molar-refractivity contribution in [1.82, 2.24) is 20.3 Å². The summed E-state index contributed by atoms with van der Waals surface area (Å²) < 4.78 is 7.38. The molecule has 0 amide bonds. The van der Waals surface area contributed by atoms with Crippen molar-refractivity contribution in [3.05, 3.63) is 11.9 Å². The second kappa shape index (κ2) is 8.20. The molecule has 0 bridgehead atoms. The topological polar surface area (TPSA) is 52.0 Å². The average Bonchev–Trinajstić information content (AvgIpc) is 2.71. The van der Waals surface area contributed by atoms with Crippen LogP contribution in [0.15, 0.2) is 6.20 Å². The van der Waals surface area contributed by atoms with Crippen LogP contribution in [0.1, 0.15) is 32.4 Å². The van der Waals surface area contributed by atoms with Crippen LogP contribution in [-0.4, -0.2) is 35.3 Å². The molecule has 98 valence electrons. The minimum absolute atomic E-state index is 0.709. The molecule has 0 fully saturated rings. The molecule has 0 unspecified atom stereocenters. The van der Waals surface area contributed by atoms with Gasteiger partial charge in [-0.3, -0.25) is 0 Å². The number of rotatable bonds is 9. The molecule has 1 heterocycles. The predicted molar refractivity (Wildman–Crippen MR) is 67.7 cm³/mol. The van der Waals surface area contributed by atoms with Gasteiger partial charge in [-0.25, -0.2) is 4.68 Å². The quantitative estimate of drug-likeness (QED) is 0.664. The molecule has 1 aromatic heterocycles. The lowest BCUT2D eigenvalue weighted by Crippen LogP contribution is -2.08. The lowest BCUT2D eigenvalue weighted by atomic mass is 10.1. The highest BCUT2D eigenvalue weighted by Gasteiger charge is 1.99. The maximum absolute atomic E-state index is 5.55. The summed E-state index contributed by atoms with van der Waals surface area (Å²) in [6.07, 6.45) is 4.32. The van der Waals surface area contributed by atoms with Crippen LogP contribution in [0.4, 0.5) is 0 Å². The van der Waals surface area contributed by atoms with E-state index >= 15 is 0 Å². The van der Waals surface area contributed by atoms with Crippen LogP contribution in [0, 0.1) is 5.92 Å². The monoisotopic (exact) mass is 240 g/mol. The van der Waals surface area contributed by atoms with E-state index in [9.17, 15) is 0 Å². The molecule has 5 nitrogen and oxygen atoms in total. The first-order chi connectivity index (χ1) is 8.22. The van der Waals surface area contributed by atoms with E-state index in [-0.39, 0.29) is 0 Å². The van der Waals surface area contributed by atoms with Crippen molar-refractivity contribution < 1.29 is 4.74 Å². The van der Waals surface area contributed by atoms with Gasteiger partial charge in [-0.2, -0.15) is 0 Å². The molecule has 0 saturated carbocycles. The van der Waals surface area contributed by atoms with Crippen molar-refractivity contribution in [2.45, 2.75) is 39.8 Å². The Morgan fingerprint density at radius 3 is 2.94 bits per heavy atom. The van der Waals surface area contributed by atoms with E-state index in [0.717, 1.165) is 37.7 Å². The Bertz CT molecular complexity index is 298. The van der Waals surface area contributed by atoms with Crippen LogP contribution in [0.2, 0.25) is 0 Å². The molecular weight excluding hydrogens is 216 g/mol. The Morgan fingerprint density at radius 2 is 2.24 bits per heavy atom. The van der Waals surface area contributed by atoms with E-state index in [4.69, 9.17) is 4.74 Å². The Hall–Kier alpha value is -0.940. The third-order valence-corrected chi connectivity index (χ3v) is 2.48. The third kappa shape index (κ3) is 6.38. The van der Waals surface area contributed by atoms with Crippen molar-refractivity contribution in [2.75, 3.05) is 20.3 Å². The number of nitrogens with zero attached hydrogens (tertiary/aromatic N) is 3. The number of ether oxygens (including phenoxy) is 1. The summed E-state index contributed by atoms with van der Waals surface area (Å²) in [4.78, 5) is 0. The van der Waals surface area contributed by atoms with Crippen LogP contribution in [0.25, 0.3) is 0 Å². The maximum atomic E-state index is 5.55. The minimum Gasteiger partial charge on any atom is -0.380 e. The van der Waals surface area contributed by atoms with Gasteiger partial charge in [0.1, 0.15) is 0 Å². The Balaban J connectivity index is 2.05. The number of nitrogens with one attached hydrogen (secondary N) is 1. The summed E-state index contributed by atoms with van der Waals surface area (Å²) in [7, 11) is 1.90. The third-order valence-electron chi connectivity index (χ3n) is 2.48. The van der Waals surface area contributed by atoms with E-state index in [2.05, 4.69) is 29.5 Å². The highest BCUT2D eigenvalue weighted by atomic mass is 16.5. The van der Waals surface area contributed by atoms with Gasteiger partial charge < -0.3 is 10.1 Å². The van der Waals surface area contributed by atoms with Crippen LogP contribution in [-0.2, 0) is 17.8 Å². The van der Waals surface area contributed by atoms with Crippen LogP contribution in [0.3, 0.4) is 0 Å². The first kappa shape index (κ1) is 14.1. The molecule has 0 aromatic carbocycles. The lowest BCUT2D eigenvalue weighted by Gasteiger charge is -2.05. The number of hydrogen-bond acceptors (Lipinski definition) is 4. The van der Waals surface area contributed by atoms with Crippen LogP contribution < -0.4 is 5.32 Å². The highest BCUT2D eigenvalue weighted by molar-refractivity contribution is 4.90. The Labute approximate surface area is 104 Å². The van der Waals surface area contributed by atoms with Gasteiger partial charge in [0, 0.05) is 19.3 Å². The van der Waals surface area contributed by atoms with Gasteiger partial charge in [0.05, 0.1) is 18.8 Å². The first-order valence-corrected chi connectivity index (χ1v) is 6.33. The maximum Gasteiger partial charge on any atom is 0.0964 e. The summed E-state index contributed by atoms with van der Waals surface area (Å²) in [5.74, 6) is 0.762. The molecule has 0 atom stereocenters. The molecule has 0 radical (unpaired) electrons. The van der Waals surface area contributed by atoms with Crippen molar-refractivity contribution in [1.29, 1.82) is 0 Å². The van der Waals surface area contributed by atoms with Gasteiger partial charge in [0.15, 0.2) is 0 Å². The van der Waals surface area contributed by atoms with Gasteiger partial charge in [0.2, 0.25) is 0 Å². The normalized spacial score (nSPS) is 11.3. The Morgan fingerprint density at radius 1 is 1.41 bits per heavy atom. The van der Waals surface area contributed by atoms with E-state index in [1.165, 1.54) is 6.42 Å². The van der Waals surface area contributed by atoms with Gasteiger partial charge in [-0.05, 0) is 25.8 Å². The minimum atomic E-state index is 0.709. The zero-order valence-corrected chi connectivity index (χ0v) is 11.1. The number of hydrogen-bond donors (Lipinski definition) is 1. The summed E-state index contributed by atoms with van der Waals surface area (Å²) >= 11 is 0. The first-order valence-electron chi connectivity index (χ1n) is 6.33. The molecule has 1 aromatic rings. The van der Waals surface area contributed by atoms with Crippen molar-refractivity contribution >= 4 is 0 Å². The van der Waals surface area contributed by atoms with E-state index in [1.807, 2.05) is 17.9 Å². The fourth-order valence-electron chi connectivity index (χ4n) is 1.56. The second-order valence-electron chi connectivity index (χ2n) is 4.65.